The summed E-state index contributed by atoms with van der Waals surface area (Å²) in [7, 11) is -6.90. The Morgan fingerprint density at radius 2 is 1.02 bits per heavy atom. The molecule has 2 atom stereocenters. The van der Waals surface area contributed by atoms with Gasteiger partial charge in [0.05, 0.1) is 61.2 Å². The van der Waals surface area contributed by atoms with E-state index in [0.29, 0.717) is 41.0 Å². The number of hydrogen-bond donors (Lipinski definition) is 4. The predicted molar refractivity (Wildman–Crippen MR) is 397 cm³/mol. The molecule has 0 radical (unpaired) electrons. The average Bonchev–Trinajstić information content (AvgIpc) is 1.02. The Kier molecular flexibility index (Phi) is 30.4. The number of fused-ring (bicyclic) bond motifs is 2. The molecule has 2 unspecified atom stereocenters. The van der Waals surface area contributed by atoms with Gasteiger partial charge in [0.1, 0.15) is 27.0 Å². The lowest BCUT2D eigenvalue weighted by Gasteiger charge is -2.33. The topological polar surface area (TPSA) is 296 Å². The van der Waals surface area contributed by atoms with Crippen LogP contribution in [-0.2, 0) is 29.6 Å². The number of aliphatic imine (C=N–C) groups is 2. The number of nitrogens with one attached hydrogen (secondary N) is 2. The number of amides is 2. The van der Waals surface area contributed by atoms with E-state index >= 15 is 0 Å². The van der Waals surface area contributed by atoms with Crippen LogP contribution in [-0.4, -0.2) is 124 Å². The number of hydrogen-bond acceptors (Lipinski definition) is 15. The minimum atomic E-state index is -4.21. The number of benzene rings is 5. The van der Waals surface area contributed by atoms with Gasteiger partial charge in [-0.05, 0) is 92.9 Å². The van der Waals surface area contributed by atoms with Gasteiger partial charge in [-0.1, -0.05) is 208 Å². The fourth-order valence-corrected chi connectivity index (χ4v) is 15.7. The second-order valence-electron chi connectivity index (χ2n) is 25.6. The van der Waals surface area contributed by atoms with Crippen molar-refractivity contribution in [2.75, 3.05) is 44.0 Å². The highest BCUT2D eigenvalue weighted by atomic mass is 35.5. The first kappa shape index (κ1) is 78.6. The van der Waals surface area contributed by atoms with E-state index < -0.39 is 55.9 Å². The van der Waals surface area contributed by atoms with Gasteiger partial charge < -0.3 is 39.6 Å². The molecule has 0 saturated carbocycles. The third kappa shape index (κ3) is 21.7. The van der Waals surface area contributed by atoms with Crippen molar-refractivity contribution in [3.8, 4) is 17.2 Å². The number of aromatic nitrogens is 4. The summed E-state index contributed by atoms with van der Waals surface area (Å²) in [6.45, 7) is 9.03. The molecule has 7 aromatic rings. The molecule has 26 heteroatoms. The van der Waals surface area contributed by atoms with E-state index in [1.54, 1.807) is 60.7 Å². The highest BCUT2D eigenvalue weighted by Gasteiger charge is 2.43. The summed E-state index contributed by atoms with van der Waals surface area (Å²) in [6.07, 6.45) is 30.7. The van der Waals surface area contributed by atoms with Crippen molar-refractivity contribution in [1.82, 2.24) is 27.9 Å². The molecule has 2 amide bonds. The minimum absolute atomic E-state index is 0.0310. The second kappa shape index (κ2) is 39.4. The molecule has 548 valence electrons. The van der Waals surface area contributed by atoms with Crippen molar-refractivity contribution in [3.05, 3.63) is 162 Å². The number of para-hydroxylation sites is 4. The number of anilines is 2. The first-order valence-corrected chi connectivity index (χ1v) is 38.8. The number of imidazole rings is 1. The highest BCUT2D eigenvalue weighted by Crippen LogP contribution is 2.39. The highest BCUT2D eigenvalue weighted by molar-refractivity contribution is 7.90. The number of rotatable bonds is 41. The lowest BCUT2D eigenvalue weighted by molar-refractivity contribution is -0.118. The molecule has 102 heavy (non-hydrogen) atoms. The summed E-state index contributed by atoms with van der Waals surface area (Å²) >= 11 is 6.18. The van der Waals surface area contributed by atoms with E-state index in [4.69, 9.17) is 30.8 Å². The first-order valence-electron chi connectivity index (χ1n) is 35.6. The average molecular weight is 1460 g/mol. The van der Waals surface area contributed by atoms with Crippen LogP contribution in [0.25, 0.3) is 0 Å². The molecule has 4 heterocycles. The number of aromatic carboxylic acids is 2. The van der Waals surface area contributed by atoms with Crippen LogP contribution in [0.5, 0.6) is 17.2 Å². The molecule has 23 nitrogen and oxygen atoms in total. The number of halogens is 1. The molecule has 5 aromatic carbocycles. The number of ether oxygens (including phenoxy) is 3. The summed E-state index contributed by atoms with van der Waals surface area (Å²) in [5.41, 5.74) is 2.51. The fourth-order valence-electron chi connectivity index (χ4n) is 12.3. The number of carbonyl (C=O) groups is 4. The summed E-state index contributed by atoms with van der Waals surface area (Å²) in [5, 5.41) is 29.5. The van der Waals surface area contributed by atoms with Crippen LogP contribution in [0.2, 0.25) is 5.02 Å². The van der Waals surface area contributed by atoms with Crippen molar-refractivity contribution in [1.29, 1.82) is 0 Å². The van der Waals surface area contributed by atoms with E-state index in [9.17, 15) is 46.2 Å². The monoisotopic (exact) mass is 1460 g/mol. The van der Waals surface area contributed by atoms with E-state index in [1.165, 1.54) is 141 Å². The molecule has 0 bridgehead atoms. The molecule has 4 N–H and O–H groups in total. The summed E-state index contributed by atoms with van der Waals surface area (Å²) in [4.78, 5) is 65.5. The maximum Gasteiger partial charge on any atom is 0.356 e. The van der Waals surface area contributed by atoms with Crippen LogP contribution >= 0.6 is 11.6 Å². The Balaban J connectivity index is 0.000000266. The summed E-state index contributed by atoms with van der Waals surface area (Å²) < 4.78 is 78.8. The Bertz CT molecular complexity index is 4230. The quantitative estimate of drug-likeness (QED) is 0.0259. The molecular formula is C76H97ClN10O13S2. The predicted octanol–water partition coefficient (Wildman–Crippen LogP) is 16.7. The SMILES string of the molecule is CCCCCCCCCCCCCCCCCCN1C(C(C(=O)Nc2ccccc2OCCCCCCCC)n2cc(C(=O)O)cn2)=Nc2ccccc2S1(=O)=O.COc1ccc(Cl)cc1NC(=O)C(C1=Nc2ccccc2S(=O)(=O)N1CCCOc1ccc(C)cc1C)n1cnc(C(=O)O)c1. The molecule has 2 aromatic heterocycles. The molecule has 2 aliphatic rings. The Labute approximate surface area is 604 Å². The Morgan fingerprint density at radius 3 is 1.57 bits per heavy atom. The van der Waals surface area contributed by atoms with E-state index in [1.807, 2.05) is 38.1 Å². The molecule has 0 fully saturated rings. The number of methoxy groups -OCH3 is 1. The second-order valence-corrected chi connectivity index (χ2v) is 29.7. The van der Waals surface area contributed by atoms with E-state index in [2.05, 4.69) is 39.6 Å². The molecule has 0 aliphatic carbocycles. The van der Waals surface area contributed by atoms with Crippen LogP contribution in [0.1, 0.15) is 206 Å². The van der Waals surface area contributed by atoms with Gasteiger partial charge in [-0.3, -0.25) is 22.9 Å². The van der Waals surface area contributed by atoms with Crippen molar-refractivity contribution in [2.24, 2.45) is 9.98 Å². The maximum absolute atomic E-state index is 14.4. The van der Waals surface area contributed by atoms with Crippen molar-refractivity contribution in [2.45, 2.75) is 197 Å². The van der Waals surface area contributed by atoms with Crippen molar-refractivity contribution < 1.29 is 60.4 Å². The first-order chi connectivity index (χ1) is 49.3. The normalized spacial score (nSPS) is 14.0. The third-order valence-corrected chi connectivity index (χ3v) is 21.6. The lowest BCUT2D eigenvalue weighted by Crippen LogP contribution is -2.47. The standard InChI is InChI=1S/C45H67N5O6S.C31H30ClN5O7S/c1-3-5-7-9-11-12-13-14-15-16-17-18-19-20-21-27-33-50-43(47-39-30-24-26-32-41(39)57(50,54)55)42(49-36-37(35-46-49)45(52)53)44(51)48-38-29-23-25-31-40(38)56-34-28-22-10-8-6-4-2;1-19-9-11-25(20(2)15-19)44-14-6-13-37-29(34-22-7-4-5-8-27(22)45(37,41)42)28(36-17-24(31(39)40)33-18-36)30(38)35-23-16-21(32)10-12-26(23)43-3/h23-26,29-32,35-36,42H,3-22,27-28,33-34H2,1-2H3,(H,48,51)(H,52,53);4-5,7-12,15-18,28H,6,13-14H2,1-3H3,(H,35,38)(H,39,40). The van der Waals surface area contributed by atoms with Crippen LogP contribution < -0.4 is 24.8 Å². The van der Waals surface area contributed by atoms with E-state index in [-0.39, 0.29) is 75.9 Å². The Hall–Kier alpha value is -9.07. The minimum Gasteiger partial charge on any atom is -0.495 e. The summed E-state index contributed by atoms with van der Waals surface area (Å²) in [5.74, 6) is -2.66. The fraction of sp³-hybridized carbons (Fsp3) is 0.447. The van der Waals surface area contributed by atoms with Gasteiger partial charge in [-0.15, -0.1) is 0 Å². The van der Waals surface area contributed by atoms with Crippen molar-refractivity contribution in [3.63, 3.8) is 0 Å². The number of nitrogens with zero attached hydrogens (tertiary/aromatic N) is 8. The number of carboxylic acids is 2. The number of carboxylic acid groups (broad SMARTS) is 2. The number of carbonyl (C=O) groups excluding carboxylic acids is 2. The molecule has 0 spiro atoms. The number of amidine groups is 2. The zero-order valence-electron chi connectivity index (χ0n) is 59.1. The van der Waals surface area contributed by atoms with Crippen LogP contribution in [0.3, 0.4) is 0 Å². The van der Waals surface area contributed by atoms with Crippen LogP contribution in [0.15, 0.2) is 154 Å². The molecule has 0 saturated heterocycles. The van der Waals surface area contributed by atoms with E-state index in [0.717, 1.165) is 79.1 Å². The van der Waals surface area contributed by atoms with Gasteiger partial charge in [-0.2, -0.15) is 5.10 Å². The summed E-state index contributed by atoms with van der Waals surface area (Å²) in [6, 6.07) is 27.3. The van der Waals surface area contributed by atoms with Gasteiger partial charge in [0.25, 0.3) is 31.9 Å². The van der Waals surface area contributed by atoms with Gasteiger partial charge in [0.2, 0.25) is 0 Å². The van der Waals surface area contributed by atoms with Gasteiger partial charge in [-0.25, -0.2) is 41.4 Å². The molecular weight excluding hydrogens is 1360 g/mol. The zero-order chi connectivity index (χ0) is 73.0. The Morgan fingerprint density at radius 1 is 0.529 bits per heavy atom. The molecule has 2 aliphatic heterocycles. The lowest BCUT2D eigenvalue weighted by atomic mass is 10.0. The van der Waals surface area contributed by atoms with Gasteiger partial charge in [0.15, 0.2) is 29.4 Å². The smallest absolute Gasteiger partial charge is 0.356 e. The largest absolute Gasteiger partial charge is 0.495 e. The van der Waals surface area contributed by atoms with Crippen LogP contribution in [0, 0.1) is 13.8 Å². The van der Waals surface area contributed by atoms with Crippen LogP contribution in [0.4, 0.5) is 22.7 Å². The zero-order valence-corrected chi connectivity index (χ0v) is 61.5. The van der Waals surface area contributed by atoms with Crippen molar-refractivity contribution >= 4 is 89.8 Å². The van der Waals surface area contributed by atoms with Gasteiger partial charge in [0, 0.05) is 36.9 Å². The third-order valence-electron chi connectivity index (χ3n) is 17.7. The number of aryl methyl sites for hydroxylation is 2. The maximum atomic E-state index is 14.4. The number of sulfonamides is 2. The molecule has 9 rings (SSSR count). The number of unbranched alkanes of at least 4 members (excludes halogenated alkanes) is 20. The van der Waals surface area contributed by atoms with Gasteiger partial charge >= 0.3 is 11.9 Å².